The quantitative estimate of drug-likeness (QED) is 0.167. The van der Waals surface area contributed by atoms with Crippen LogP contribution in [0, 0.1) is 25.2 Å². The molecule has 3 rings (SSSR count). The minimum Gasteiger partial charge on any atom is -0.382 e. The molecule has 0 unspecified atom stereocenters. The molecule has 3 aromatic rings. The number of guanidine groups is 1. The lowest BCUT2D eigenvalue weighted by molar-refractivity contribution is 0.720. The second-order valence-electron chi connectivity index (χ2n) is 7.09. The molecule has 0 aliphatic heterocycles. The Hall–Kier alpha value is -2.65. The summed E-state index contributed by atoms with van der Waals surface area (Å²) < 4.78 is 1.63. The molecule has 0 saturated carbocycles. The van der Waals surface area contributed by atoms with Crippen LogP contribution in [0.15, 0.2) is 35.3 Å². The van der Waals surface area contributed by atoms with Crippen LogP contribution in [0.2, 0.25) is 0 Å². The second kappa shape index (κ2) is 12.4. The molecule has 0 atom stereocenters. The number of nitrogens with zero attached hydrogens (tertiary/aromatic N) is 5. The van der Waals surface area contributed by atoms with Gasteiger partial charge in [-0.25, -0.2) is 9.67 Å². The second-order valence-corrected chi connectivity index (χ2v) is 8.38. The fraction of sp³-hybridized carbons (Fsp3) is 0.364. The maximum atomic E-state index is 9.52. The highest BCUT2D eigenvalue weighted by molar-refractivity contribution is 14.0. The van der Waals surface area contributed by atoms with Crippen molar-refractivity contribution in [3.8, 4) is 11.8 Å². The summed E-state index contributed by atoms with van der Waals surface area (Å²) in [7, 11) is 1.75. The Labute approximate surface area is 210 Å². The van der Waals surface area contributed by atoms with Crippen molar-refractivity contribution in [1.82, 2.24) is 25.4 Å². The lowest BCUT2D eigenvalue weighted by Crippen LogP contribution is -2.38. The van der Waals surface area contributed by atoms with E-state index in [1.165, 1.54) is 4.88 Å². The first-order valence-electron chi connectivity index (χ1n) is 10.2. The third-order valence-corrected chi connectivity index (χ3v) is 6.05. The van der Waals surface area contributed by atoms with Crippen LogP contribution in [0.3, 0.4) is 0 Å². The number of nitrogens with two attached hydrogens (primary N) is 1. The zero-order valence-corrected chi connectivity index (χ0v) is 21.7. The molecule has 0 amide bonds. The number of thiazole rings is 1. The topological polar surface area (TPSA) is 117 Å². The molecule has 2 aromatic heterocycles. The third kappa shape index (κ3) is 6.43. The van der Waals surface area contributed by atoms with Gasteiger partial charge in [0.2, 0.25) is 0 Å². The van der Waals surface area contributed by atoms with Gasteiger partial charge in [-0.05, 0) is 38.8 Å². The highest BCUT2D eigenvalue weighted by Gasteiger charge is 2.16. The largest absolute Gasteiger partial charge is 0.382 e. The van der Waals surface area contributed by atoms with E-state index in [2.05, 4.69) is 38.7 Å². The number of aryl methyl sites for hydroxylation is 3. The van der Waals surface area contributed by atoms with Gasteiger partial charge in [0.25, 0.3) is 0 Å². The van der Waals surface area contributed by atoms with Crippen LogP contribution in [0.25, 0.3) is 5.69 Å². The fourth-order valence-corrected chi connectivity index (χ4v) is 4.09. The van der Waals surface area contributed by atoms with Gasteiger partial charge in [-0.15, -0.1) is 35.3 Å². The van der Waals surface area contributed by atoms with Gasteiger partial charge in [0.1, 0.15) is 17.5 Å². The van der Waals surface area contributed by atoms with Gasteiger partial charge in [-0.2, -0.15) is 10.4 Å². The predicted molar refractivity (Wildman–Crippen MR) is 141 cm³/mol. The monoisotopic (exact) mass is 564 g/mol. The first kappa shape index (κ1) is 25.6. The molecule has 1 aromatic carbocycles. The van der Waals surface area contributed by atoms with E-state index in [0.29, 0.717) is 30.0 Å². The molecular formula is C22H29IN8S. The van der Waals surface area contributed by atoms with Crippen LogP contribution in [0.5, 0.6) is 0 Å². The molecule has 32 heavy (non-hydrogen) atoms. The minimum atomic E-state index is 0. The van der Waals surface area contributed by atoms with E-state index in [0.717, 1.165) is 41.7 Å². The van der Waals surface area contributed by atoms with E-state index >= 15 is 0 Å². The number of aromatic nitrogens is 3. The SMILES string of the molecule is CN=C(NCCCc1nn(-c2ccccc2)c(N)c1C#N)NCCc1nc(C)c(C)s1.I. The summed E-state index contributed by atoms with van der Waals surface area (Å²) >= 11 is 1.74. The summed E-state index contributed by atoms with van der Waals surface area (Å²) in [6.45, 7) is 5.61. The van der Waals surface area contributed by atoms with Crippen molar-refractivity contribution in [3.05, 3.63) is 57.2 Å². The molecular weight excluding hydrogens is 535 g/mol. The Balaban J connectivity index is 0.00000363. The van der Waals surface area contributed by atoms with E-state index in [4.69, 9.17) is 5.73 Å². The summed E-state index contributed by atoms with van der Waals surface area (Å²) in [5.41, 5.74) is 9.27. The summed E-state index contributed by atoms with van der Waals surface area (Å²) in [5, 5.41) is 21.8. The van der Waals surface area contributed by atoms with E-state index in [9.17, 15) is 5.26 Å². The molecule has 0 aliphatic rings. The molecule has 2 heterocycles. The van der Waals surface area contributed by atoms with Crippen LogP contribution in [-0.2, 0) is 12.8 Å². The Morgan fingerprint density at radius 2 is 1.91 bits per heavy atom. The van der Waals surface area contributed by atoms with Gasteiger partial charge in [-0.3, -0.25) is 4.99 Å². The van der Waals surface area contributed by atoms with E-state index in [1.807, 2.05) is 37.3 Å². The number of hydrogen-bond donors (Lipinski definition) is 3. The Bertz CT molecular complexity index is 1060. The lowest BCUT2D eigenvalue weighted by Gasteiger charge is -2.11. The van der Waals surface area contributed by atoms with Crippen molar-refractivity contribution < 1.29 is 0 Å². The van der Waals surface area contributed by atoms with Crippen LogP contribution in [0.4, 0.5) is 5.82 Å². The number of aliphatic imine (C=N–C) groups is 1. The average Bonchev–Trinajstić information content (AvgIpc) is 3.27. The fourth-order valence-electron chi connectivity index (χ4n) is 3.16. The highest BCUT2D eigenvalue weighted by atomic mass is 127. The van der Waals surface area contributed by atoms with Crippen molar-refractivity contribution >= 4 is 47.1 Å². The highest BCUT2D eigenvalue weighted by Crippen LogP contribution is 2.21. The van der Waals surface area contributed by atoms with Crippen molar-refractivity contribution in [1.29, 1.82) is 5.26 Å². The van der Waals surface area contributed by atoms with Gasteiger partial charge in [0, 0.05) is 31.4 Å². The van der Waals surface area contributed by atoms with Crippen molar-refractivity contribution in [2.24, 2.45) is 4.99 Å². The Morgan fingerprint density at radius 3 is 2.53 bits per heavy atom. The van der Waals surface area contributed by atoms with Gasteiger partial charge < -0.3 is 16.4 Å². The lowest BCUT2D eigenvalue weighted by atomic mass is 10.1. The summed E-state index contributed by atoms with van der Waals surface area (Å²) in [4.78, 5) is 10.1. The zero-order valence-electron chi connectivity index (χ0n) is 18.6. The van der Waals surface area contributed by atoms with Gasteiger partial charge in [0.05, 0.1) is 22.1 Å². The average molecular weight is 565 g/mol. The van der Waals surface area contributed by atoms with E-state index < -0.39 is 0 Å². The maximum Gasteiger partial charge on any atom is 0.190 e. The molecule has 0 bridgehead atoms. The molecule has 0 aliphatic carbocycles. The van der Waals surface area contributed by atoms with Crippen LogP contribution in [-0.4, -0.2) is 40.9 Å². The number of halogens is 1. The number of para-hydroxylation sites is 1. The zero-order chi connectivity index (χ0) is 22.2. The van der Waals surface area contributed by atoms with E-state index in [-0.39, 0.29) is 24.0 Å². The first-order chi connectivity index (χ1) is 15.0. The number of nitriles is 1. The molecule has 8 nitrogen and oxygen atoms in total. The van der Waals surface area contributed by atoms with Gasteiger partial charge in [0.15, 0.2) is 5.96 Å². The van der Waals surface area contributed by atoms with E-state index in [1.54, 1.807) is 23.1 Å². The number of nitrogen functional groups attached to an aromatic ring is 1. The van der Waals surface area contributed by atoms with Crippen LogP contribution >= 0.6 is 35.3 Å². The van der Waals surface area contributed by atoms with Gasteiger partial charge in [-0.1, -0.05) is 18.2 Å². The number of rotatable bonds is 8. The van der Waals surface area contributed by atoms with Crippen LogP contribution < -0.4 is 16.4 Å². The van der Waals surface area contributed by atoms with Crippen molar-refractivity contribution in [3.63, 3.8) is 0 Å². The summed E-state index contributed by atoms with van der Waals surface area (Å²) in [6, 6.07) is 11.8. The maximum absolute atomic E-state index is 9.52. The summed E-state index contributed by atoms with van der Waals surface area (Å²) in [5.74, 6) is 1.13. The molecule has 170 valence electrons. The standard InChI is InChI=1S/C22H28N8S.HI/c1-15-16(2)31-20(28-15)11-13-27-22(25-3)26-12-7-10-19-18(14-23)21(24)30(29-19)17-8-5-4-6-9-17;/h4-6,8-9H,7,10-13,24H2,1-3H3,(H2,25,26,27);1H. The molecule has 0 radical (unpaired) electrons. The van der Waals surface area contributed by atoms with Crippen molar-refractivity contribution in [2.75, 3.05) is 25.9 Å². The minimum absolute atomic E-state index is 0. The van der Waals surface area contributed by atoms with Gasteiger partial charge >= 0.3 is 0 Å². The van der Waals surface area contributed by atoms with Crippen molar-refractivity contribution in [2.45, 2.75) is 33.1 Å². The Kier molecular flexibility index (Phi) is 9.93. The van der Waals surface area contributed by atoms with Crippen LogP contribution in [0.1, 0.15) is 33.3 Å². The summed E-state index contributed by atoms with van der Waals surface area (Å²) in [6.07, 6.45) is 2.31. The number of hydrogen-bond acceptors (Lipinski definition) is 6. The molecule has 0 fully saturated rings. The number of nitrogens with one attached hydrogen (secondary N) is 2. The smallest absolute Gasteiger partial charge is 0.190 e. The predicted octanol–water partition coefficient (Wildman–Crippen LogP) is 3.36. The first-order valence-corrected chi connectivity index (χ1v) is 11.1. The number of benzene rings is 1. The number of anilines is 1. The normalized spacial score (nSPS) is 11.0. The molecule has 10 heteroatoms. The molecule has 4 N–H and O–H groups in total. The third-order valence-electron chi connectivity index (χ3n) is 4.92. The Morgan fingerprint density at radius 1 is 1.19 bits per heavy atom. The molecule has 0 saturated heterocycles. The molecule has 0 spiro atoms.